The smallest absolute Gasteiger partial charge is 0.277 e. The number of carbonyl (C=O) groups is 1. The lowest BCUT2D eigenvalue weighted by Gasteiger charge is -1.92. The zero-order chi connectivity index (χ0) is 14.0. The normalized spacial score (nSPS) is 8.76. The molecule has 6 heteroatoms. The number of hydrogen-bond donors (Lipinski definition) is 3. The number of thiophene rings is 1. The second-order valence-electron chi connectivity index (χ2n) is 3.08. The number of halogens is 1. The number of aryl methyl sites for hydroxylation is 1. The molecule has 0 aliphatic heterocycles. The Morgan fingerprint density at radius 3 is 2.12 bits per heavy atom. The fourth-order valence-corrected chi connectivity index (χ4v) is 1.93. The molecule has 0 fully saturated rings. The van der Waals surface area contributed by atoms with Gasteiger partial charge in [0.15, 0.2) is 0 Å². The zero-order valence-electron chi connectivity index (χ0n) is 10.7. The van der Waals surface area contributed by atoms with Crippen molar-refractivity contribution < 1.29 is 15.1 Å². The molecular formula is C11H20ClNO3S. The van der Waals surface area contributed by atoms with E-state index in [1.54, 1.807) is 19.9 Å². The lowest BCUT2D eigenvalue weighted by molar-refractivity contribution is 0.0707. The lowest BCUT2D eigenvalue weighted by atomic mass is 10.3. The first-order valence-corrected chi connectivity index (χ1v) is 6.46. The number of nitrogens with one attached hydrogen (secondary N) is 1. The highest BCUT2D eigenvalue weighted by Crippen LogP contribution is 2.26. The highest BCUT2D eigenvalue weighted by atomic mass is 35.5. The van der Waals surface area contributed by atoms with Crippen LogP contribution >= 0.6 is 22.9 Å². The Kier molecular flexibility index (Phi) is 11.6. The highest BCUT2D eigenvalue weighted by Gasteiger charge is 2.11. The summed E-state index contributed by atoms with van der Waals surface area (Å²) >= 11 is 6.97. The van der Waals surface area contributed by atoms with E-state index in [1.165, 1.54) is 16.8 Å². The standard InChI is InChI=1S/C6H6ClNO2S.C3H8O.C2H6/c1-3-2-4(5(7)11-3)6(9)8-10;1-3(2)4;1-2/h2,10H,1H3,(H,8,9);3-4H,1-2H3;1-2H3. The third-order valence-corrected chi connectivity index (χ3v) is 2.43. The van der Waals surface area contributed by atoms with Gasteiger partial charge in [-0.2, -0.15) is 0 Å². The van der Waals surface area contributed by atoms with E-state index in [4.69, 9.17) is 21.9 Å². The maximum Gasteiger partial charge on any atom is 0.277 e. The second-order valence-corrected chi connectivity index (χ2v) is 4.94. The van der Waals surface area contributed by atoms with Gasteiger partial charge in [0.1, 0.15) is 4.34 Å². The van der Waals surface area contributed by atoms with Crippen molar-refractivity contribution in [1.82, 2.24) is 5.48 Å². The van der Waals surface area contributed by atoms with E-state index in [0.29, 0.717) is 9.90 Å². The maximum atomic E-state index is 10.8. The number of rotatable bonds is 1. The largest absolute Gasteiger partial charge is 0.394 e. The van der Waals surface area contributed by atoms with Crippen LogP contribution in [0.5, 0.6) is 0 Å². The molecule has 0 aliphatic carbocycles. The Morgan fingerprint density at radius 1 is 1.47 bits per heavy atom. The molecule has 0 aliphatic rings. The predicted octanol–water partition coefficient (Wildman–Crippen LogP) is 3.24. The summed E-state index contributed by atoms with van der Waals surface area (Å²) in [4.78, 5) is 11.7. The Bertz CT molecular complexity index is 324. The van der Waals surface area contributed by atoms with Gasteiger partial charge in [0, 0.05) is 11.0 Å². The number of carbonyl (C=O) groups excluding carboxylic acids is 1. The maximum absolute atomic E-state index is 10.8. The molecule has 100 valence electrons. The van der Waals surface area contributed by atoms with Crippen LogP contribution in [0.4, 0.5) is 0 Å². The van der Waals surface area contributed by atoms with E-state index in [9.17, 15) is 4.79 Å². The molecule has 0 aromatic carbocycles. The quantitative estimate of drug-likeness (QED) is 0.547. The Hall–Kier alpha value is -0.620. The van der Waals surface area contributed by atoms with Crippen LogP contribution < -0.4 is 5.48 Å². The summed E-state index contributed by atoms with van der Waals surface area (Å²) in [7, 11) is 0. The van der Waals surface area contributed by atoms with Crippen molar-refractivity contribution >= 4 is 28.8 Å². The van der Waals surface area contributed by atoms with Gasteiger partial charge in [-0.25, -0.2) is 5.48 Å². The van der Waals surface area contributed by atoms with Gasteiger partial charge in [-0.1, -0.05) is 25.4 Å². The number of hydrogen-bond acceptors (Lipinski definition) is 4. The summed E-state index contributed by atoms with van der Waals surface area (Å²) in [6.45, 7) is 9.28. The van der Waals surface area contributed by atoms with Crippen LogP contribution in [-0.2, 0) is 0 Å². The van der Waals surface area contributed by atoms with Crippen LogP contribution in [0.25, 0.3) is 0 Å². The SMILES string of the molecule is CC.CC(C)O.Cc1cc(C(=O)NO)c(Cl)s1. The van der Waals surface area contributed by atoms with Gasteiger partial charge in [-0.05, 0) is 26.8 Å². The average Bonchev–Trinajstić information content (AvgIpc) is 2.59. The molecule has 1 rings (SSSR count). The van der Waals surface area contributed by atoms with E-state index in [1.807, 2.05) is 20.8 Å². The van der Waals surface area contributed by atoms with Gasteiger partial charge in [0.25, 0.3) is 5.91 Å². The van der Waals surface area contributed by atoms with E-state index in [-0.39, 0.29) is 6.10 Å². The molecule has 1 aromatic heterocycles. The second kappa shape index (κ2) is 10.5. The number of hydroxylamine groups is 1. The first-order chi connectivity index (χ1) is 7.88. The predicted molar refractivity (Wildman–Crippen MR) is 72.0 cm³/mol. The van der Waals surface area contributed by atoms with Crippen molar-refractivity contribution in [1.29, 1.82) is 0 Å². The fourth-order valence-electron chi connectivity index (χ4n) is 0.701. The Balaban J connectivity index is 0. The molecule has 1 heterocycles. The van der Waals surface area contributed by atoms with Gasteiger partial charge in [0.2, 0.25) is 0 Å². The van der Waals surface area contributed by atoms with Crippen molar-refractivity contribution in [3.8, 4) is 0 Å². The molecule has 1 amide bonds. The van der Waals surface area contributed by atoms with Crippen molar-refractivity contribution in [2.24, 2.45) is 0 Å². The van der Waals surface area contributed by atoms with Crippen LogP contribution in [0.3, 0.4) is 0 Å². The molecule has 0 spiro atoms. The molecule has 0 bridgehead atoms. The molecule has 0 unspecified atom stereocenters. The third kappa shape index (κ3) is 9.12. The van der Waals surface area contributed by atoms with Gasteiger partial charge < -0.3 is 5.11 Å². The van der Waals surface area contributed by atoms with Crippen molar-refractivity contribution in [2.45, 2.75) is 40.7 Å². The molecule has 0 radical (unpaired) electrons. The molecule has 17 heavy (non-hydrogen) atoms. The van der Waals surface area contributed by atoms with E-state index in [0.717, 1.165) is 4.88 Å². The minimum atomic E-state index is -0.570. The molecule has 0 saturated carbocycles. The molecular weight excluding hydrogens is 262 g/mol. The Morgan fingerprint density at radius 2 is 1.88 bits per heavy atom. The summed E-state index contributed by atoms with van der Waals surface area (Å²) in [6.07, 6.45) is -0.167. The summed E-state index contributed by atoms with van der Waals surface area (Å²) in [6, 6.07) is 1.62. The molecule has 4 nitrogen and oxygen atoms in total. The van der Waals surface area contributed by atoms with Gasteiger partial charge in [-0.3, -0.25) is 10.0 Å². The van der Waals surface area contributed by atoms with Crippen molar-refractivity contribution in [2.75, 3.05) is 0 Å². The summed E-state index contributed by atoms with van der Waals surface area (Å²) in [5.74, 6) is -0.570. The van der Waals surface area contributed by atoms with Crippen LogP contribution in [0, 0.1) is 6.92 Å². The molecule has 0 saturated heterocycles. The minimum Gasteiger partial charge on any atom is -0.394 e. The molecule has 3 N–H and O–H groups in total. The summed E-state index contributed by atoms with van der Waals surface area (Å²) in [5, 5.41) is 16.3. The lowest BCUT2D eigenvalue weighted by Crippen LogP contribution is -2.17. The summed E-state index contributed by atoms with van der Waals surface area (Å²) in [5.41, 5.74) is 1.84. The van der Waals surface area contributed by atoms with Gasteiger partial charge in [-0.15, -0.1) is 11.3 Å². The topological polar surface area (TPSA) is 69.6 Å². The highest BCUT2D eigenvalue weighted by molar-refractivity contribution is 7.16. The van der Waals surface area contributed by atoms with Crippen LogP contribution in [0.2, 0.25) is 4.34 Å². The van der Waals surface area contributed by atoms with Gasteiger partial charge >= 0.3 is 0 Å². The van der Waals surface area contributed by atoms with E-state index in [2.05, 4.69) is 0 Å². The van der Waals surface area contributed by atoms with Crippen molar-refractivity contribution in [3.63, 3.8) is 0 Å². The Labute approximate surface area is 111 Å². The van der Waals surface area contributed by atoms with E-state index >= 15 is 0 Å². The third-order valence-electron chi connectivity index (χ3n) is 1.16. The monoisotopic (exact) mass is 281 g/mol. The number of amides is 1. The molecule has 0 atom stereocenters. The average molecular weight is 282 g/mol. The number of aliphatic hydroxyl groups excluding tert-OH is 1. The van der Waals surface area contributed by atoms with Gasteiger partial charge in [0.05, 0.1) is 5.56 Å². The first kappa shape index (κ1) is 18.7. The van der Waals surface area contributed by atoms with Crippen LogP contribution in [0.1, 0.15) is 42.9 Å². The van der Waals surface area contributed by atoms with Crippen molar-refractivity contribution in [3.05, 3.63) is 20.8 Å². The number of aliphatic hydroxyl groups is 1. The minimum absolute atomic E-state index is 0.167. The van der Waals surface area contributed by atoms with Crippen LogP contribution in [0.15, 0.2) is 6.07 Å². The first-order valence-electron chi connectivity index (χ1n) is 5.27. The zero-order valence-corrected chi connectivity index (χ0v) is 12.3. The molecule has 1 aromatic rings. The summed E-state index contributed by atoms with van der Waals surface area (Å²) < 4.78 is 0.397. The fraction of sp³-hybridized carbons (Fsp3) is 0.545. The van der Waals surface area contributed by atoms with Crippen LogP contribution in [-0.4, -0.2) is 22.3 Å². The van der Waals surface area contributed by atoms with E-state index < -0.39 is 5.91 Å².